The molecule has 0 saturated heterocycles. The highest BCUT2D eigenvalue weighted by atomic mass is 16.5. The molecular formula is C44H53N2O5+. The fraction of sp³-hybridized carbons (Fsp3) is 0.250. The standard InChI is InChI=1S/C30H25NO3.C8H10NO2.3C2H6/c1-31-27-19-18-26(20-22(27)21-28(31)29(32)33-2)34-30(23-12-6-3-7-13-23,24-14-8-4-9-15-24)25-16-10-5-11-17-25;1-9-5-3-4-7(6-9)8(10)11-2;3*1-2/h3-21H,1-2H3;3-6H,1-2H3;3*1-2H3/q;+1;;;. The topological polar surface area (TPSA) is 70.6 Å². The van der Waals surface area contributed by atoms with E-state index in [1.807, 2.05) is 145 Å². The van der Waals surface area contributed by atoms with Crippen molar-refractivity contribution in [1.29, 1.82) is 0 Å². The Labute approximate surface area is 304 Å². The minimum Gasteiger partial charge on any atom is -0.473 e. The van der Waals surface area contributed by atoms with Gasteiger partial charge in [-0.3, -0.25) is 0 Å². The molecule has 6 aromatic rings. The number of methoxy groups -OCH3 is 2. The number of carbonyl (C=O) groups excluding carboxylic acids is 2. The molecule has 0 bridgehead atoms. The Hall–Kier alpha value is -5.69. The number of carbonyl (C=O) groups is 2. The second kappa shape index (κ2) is 21.4. The van der Waals surface area contributed by atoms with Gasteiger partial charge in [0, 0.05) is 40.7 Å². The molecule has 0 unspecified atom stereocenters. The van der Waals surface area contributed by atoms with Crippen LogP contribution in [0.5, 0.6) is 5.75 Å². The average Bonchev–Trinajstić information content (AvgIpc) is 3.54. The van der Waals surface area contributed by atoms with Gasteiger partial charge in [-0.2, -0.15) is 0 Å². The van der Waals surface area contributed by atoms with E-state index in [9.17, 15) is 9.59 Å². The predicted molar refractivity (Wildman–Crippen MR) is 207 cm³/mol. The Balaban J connectivity index is 0.000000446. The van der Waals surface area contributed by atoms with Gasteiger partial charge in [-0.15, -0.1) is 0 Å². The third kappa shape index (κ3) is 10.2. The van der Waals surface area contributed by atoms with E-state index in [1.54, 1.807) is 22.9 Å². The van der Waals surface area contributed by atoms with Crippen molar-refractivity contribution in [2.75, 3.05) is 14.2 Å². The number of benzene rings is 4. The number of fused-ring (bicyclic) bond motifs is 1. The summed E-state index contributed by atoms with van der Waals surface area (Å²) in [5.41, 5.74) is 4.20. The van der Waals surface area contributed by atoms with E-state index in [4.69, 9.17) is 9.47 Å². The van der Waals surface area contributed by atoms with Gasteiger partial charge in [0.05, 0.1) is 14.2 Å². The minimum absolute atomic E-state index is 0.304. The fourth-order valence-corrected chi connectivity index (χ4v) is 5.39. The van der Waals surface area contributed by atoms with Gasteiger partial charge < -0.3 is 18.8 Å². The highest BCUT2D eigenvalue weighted by Gasteiger charge is 2.39. The molecule has 0 aliphatic carbocycles. The molecular weight excluding hydrogens is 636 g/mol. The first kappa shape index (κ1) is 41.5. The maximum Gasteiger partial charge on any atom is 0.354 e. The number of hydrogen-bond acceptors (Lipinski definition) is 5. The third-order valence-corrected chi connectivity index (χ3v) is 7.58. The summed E-state index contributed by atoms with van der Waals surface area (Å²) in [6.45, 7) is 12.0. The van der Waals surface area contributed by atoms with Gasteiger partial charge in [0.2, 0.25) is 0 Å². The molecule has 0 aliphatic heterocycles. The largest absolute Gasteiger partial charge is 0.473 e. The molecule has 0 aliphatic rings. The van der Waals surface area contributed by atoms with E-state index >= 15 is 0 Å². The molecule has 0 N–H and O–H groups in total. The van der Waals surface area contributed by atoms with Crippen molar-refractivity contribution in [3.8, 4) is 5.75 Å². The molecule has 0 saturated carbocycles. The van der Waals surface area contributed by atoms with Crippen LogP contribution in [0.2, 0.25) is 0 Å². The van der Waals surface area contributed by atoms with Crippen LogP contribution in [0.1, 0.15) is 79.1 Å². The summed E-state index contributed by atoms with van der Waals surface area (Å²) < 4.78 is 20.1. The van der Waals surface area contributed by atoms with Crippen molar-refractivity contribution in [2.24, 2.45) is 14.1 Å². The lowest BCUT2D eigenvalue weighted by Crippen LogP contribution is -2.36. The number of ether oxygens (including phenoxy) is 3. The fourth-order valence-electron chi connectivity index (χ4n) is 5.39. The van der Waals surface area contributed by atoms with Crippen molar-refractivity contribution in [3.63, 3.8) is 0 Å². The molecule has 0 radical (unpaired) electrons. The summed E-state index contributed by atoms with van der Waals surface area (Å²) >= 11 is 0. The van der Waals surface area contributed by atoms with E-state index in [0.29, 0.717) is 17.0 Å². The number of nitrogens with zero attached hydrogens (tertiary/aromatic N) is 2. The van der Waals surface area contributed by atoms with Crippen LogP contribution >= 0.6 is 0 Å². The van der Waals surface area contributed by atoms with E-state index in [-0.39, 0.29) is 11.9 Å². The summed E-state index contributed by atoms with van der Waals surface area (Å²) in [6, 6.07) is 42.0. The average molecular weight is 690 g/mol. The number of pyridine rings is 1. The molecule has 6 rings (SSSR count). The van der Waals surface area contributed by atoms with Crippen molar-refractivity contribution in [2.45, 2.75) is 47.1 Å². The summed E-state index contributed by atoms with van der Waals surface area (Å²) in [6.07, 6.45) is 3.57. The van der Waals surface area contributed by atoms with E-state index in [0.717, 1.165) is 27.6 Å². The molecule has 2 heterocycles. The SMILES string of the molecule is CC.CC.CC.COC(=O)c1cc2cc(OC(c3ccccc3)(c3ccccc3)c3ccccc3)ccc2n1C.COC(=O)c1ccc[n+](C)c1. The first-order valence-electron chi connectivity index (χ1n) is 17.4. The van der Waals surface area contributed by atoms with Gasteiger partial charge in [0.15, 0.2) is 18.0 Å². The van der Waals surface area contributed by atoms with Crippen LogP contribution in [0.4, 0.5) is 0 Å². The van der Waals surface area contributed by atoms with Crippen molar-refractivity contribution in [1.82, 2.24) is 4.57 Å². The van der Waals surface area contributed by atoms with Crippen LogP contribution in [0.3, 0.4) is 0 Å². The van der Waals surface area contributed by atoms with Crippen molar-refractivity contribution in [3.05, 3.63) is 168 Å². The summed E-state index contributed by atoms with van der Waals surface area (Å²) in [7, 11) is 6.47. The van der Waals surface area contributed by atoms with Gasteiger partial charge in [-0.05, 0) is 30.3 Å². The lowest BCUT2D eigenvalue weighted by Gasteiger charge is -2.36. The summed E-state index contributed by atoms with van der Waals surface area (Å²) in [4.78, 5) is 23.1. The monoisotopic (exact) mass is 689 g/mol. The zero-order chi connectivity index (χ0) is 37.8. The Morgan fingerprint density at radius 1 is 0.608 bits per heavy atom. The molecule has 2 aromatic heterocycles. The first-order chi connectivity index (χ1) is 24.9. The molecule has 51 heavy (non-hydrogen) atoms. The van der Waals surface area contributed by atoms with Crippen molar-refractivity contribution < 1.29 is 28.4 Å². The molecule has 4 aromatic carbocycles. The van der Waals surface area contributed by atoms with Gasteiger partial charge in [0.1, 0.15) is 24.1 Å². The van der Waals surface area contributed by atoms with Gasteiger partial charge in [-0.25, -0.2) is 14.2 Å². The maximum atomic E-state index is 12.2. The predicted octanol–water partition coefficient (Wildman–Crippen LogP) is 9.71. The van der Waals surface area contributed by atoms with E-state index in [2.05, 4.69) is 41.1 Å². The lowest BCUT2D eigenvalue weighted by molar-refractivity contribution is -0.671. The molecule has 0 fully saturated rings. The summed E-state index contributed by atoms with van der Waals surface area (Å²) in [5.74, 6) is 0.0284. The zero-order valence-corrected chi connectivity index (χ0v) is 31.7. The van der Waals surface area contributed by atoms with Crippen LogP contribution < -0.4 is 9.30 Å². The molecule has 0 atom stereocenters. The smallest absolute Gasteiger partial charge is 0.354 e. The van der Waals surface area contributed by atoms with Gasteiger partial charge in [-0.1, -0.05) is 133 Å². The van der Waals surface area contributed by atoms with Crippen LogP contribution in [-0.2, 0) is 29.2 Å². The van der Waals surface area contributed by atoms with Crippen LogP contribution in [0.25, 0.3) is 10.9 Å². The van der Waals surface area contributed by atoms with Crippen LogP contribution in [0.15, 0.2) is 140 Å². The number of aryl methyl sites for hydroxylation is 2. The Bertz CT molecular complexity index is 1810. The second-order valence-electron chi connectivity index (χ2n) is 10.4. The number of hydrogen-bond donors (Lipinski definition) is 0. The third-order valence-electron chi connectivity index (χ3n) is 7.58. The zero-order valence-electron chi connectivity index (χ0n) is 31.7. The minimum atomic E-state index is -0.864. The van der Waals surface area contributed by atoms with Crippen molar-refractivity contribution >= 4 is 22.8 Å². The molecule has 7 nitrogen and oxygen atoms in total. The summed E-state index contributed by atoms with van der Waals surface area (Å²) in [5, 5.41) is 0.906. The molecule has 7 heteroatoms. The van der Waals surface area contributed by atoms with Gasteiger partial charge in [0.25, 0.3) is 0 Å². The normalized spacial score (nSPS) is 9.92. The van der Waals surface area contributed by atoms with Crippen LogP contribution in [-0.4, -0.2) is 30.7 Å². The quantitative estimate of drug-likeness (QED) is 0.0949. The number of esters is 2. The molecule has 0 spiro atoms. The molecule has 0 amide bonds. The Morgan fingerprint density at radius 2 is 1.08 bits per heavy atom. The Kier molecular flexibility index (Phi) is 17.4. The highest BCUT2D eigenvalue weighted by molar-refractivity contribution is 5.96. The second-order valence-corrected chi connectivity index (χ2v) is 10.4. The van der Waals surface area contributed by atoms with E-state index < -0.39 is 5.60 Å². The number of aromatic nitrogens is 2. The maximum absolute atomic E-state index is 12.2. The van der Waals surface area contributed by atoms with E-state index in [1.165, 1.54) is 14.2 Å². The van der Waals surface area contributed by atoms with Gasteiger partial charge >= 0.3 is 11.9 Å². The number of rotatable bonds is 7. The first-order valence-corrected chi connectivity index (χ1v) is 17.4. The Morgan fingerprint density at radius 3 is 1.51 bits per heavy atom. The lowest BCUT2D eigenvalue weighted by atomic mass is 9.80. The molecule has 268 valence electrons. The van der Waals surface area contributed by atoms with Crippen LogP contribution in [0, 0.1) is 0 Å². The highest BCUT2D eigenvalue weighted by Crippen LogP contribution is 2.41.